The summed E-state index contributed by atoms with van der Waals surface area (Å²) in [5, 5.41) is 11.6. The monoisotopic (exact) mass is 367 g/mol. The molecule has 2 aromatic carbocycles. The zero-order valence-electron chi connectivity index (χ0n) is 16.1. The second kappa shape index (κ2) is 9.00. The topological polar surface area (TPSA) is 70.2 Å². The van der Waals surface area contributed by atoms with Gasteiger partial charge in [-0.05, 0) is 41.6 Å². The molecule has 3 rings (SSSR count). The Morgan fingerprint density at radius 3 is 2.63 bits per heavy atom. The predicted molar refractivity (Wildman–Crippen MR) is 108 cm³/mol. The third kappa shape index (κ3) is 5.30. The van der Waals surface area contributed by atoms with Crippen LogP contribution < -0.4 is 16.0 Å². The molecule has 0 aromatic heterocycles. The van der Waals surface area contributed by atoms with Crippen molar-refractivity contribution in [1.82, 2.24) is 16.0 Å². The van der Waals surface area contributed by atoms with Crippen molar-refractivity contribution in [2.45, 2.75) is 45.2 Å². The average Bonchev–Trinajstić information content (AvgIpc) is 2.66. The van der Waals surface area contributed by atoms with Gasteiger partial charge in [0.05, 0.1) is 6.42 Å². The molecular formula is C22H29N3O2. The van der Waals surface area contributed by atoms with Gasteiger partial charge in [-0.2, -0.15) is 0 Å². The second-order valence-corrected chi connectivity index (χ2v) is 7.70. The standard InChI is InChI=1S/C22H29N3O2/c1-15(2)21(22(27)24-19-8-5-11-23-14-19)25-20(26)13-16-9-10-17-6-3-4-7-18(17)12-16/h3-4,6-7,9-10,12,15,19,21,23H,5,8,11,13-14H2,1-2H3,(H,24,27)(H,25,26). The highest BCUT2D eigenvalue weighted by molar-refractivity contribution is 5.89. The van der Waals surface area contributed by atoms with Crippen LogP contribution in [0.2, 0.25) is 0 Å². The molecule has 1 aliphatic heterocycles. The Bertz CT molecular complexity index is 797. The minimum absolute atomic E-state index is 0.0297. The number of hydrogen-bond acceptors (Lipinski definition) is 3. The molecule has 0 spiro atoms. The molecule has 0 aliphatic carbocycles. The SMILES string of the molecule is CC(C)C(NC(=O)Cc1ccc2ccccc2c1)C(=O)NC1CCCNC1. The maximum absolute atomic E-state index is 12.7. The Balaban J connectivity index is 1.60. The highest BCUT2D eigenvalue weighted by Gasteiger charge is 2.26. The van der Waals surface area contributed by atoms with Gasteiger partial charge in [-0.3, -0.25) is 9.59 Å². The van der Waals surface area contributed by atoms with E-state index in [1.807, 2.05) is 50.2 Å². The maximum atomic E-state index is 12.7. The minimum atomic E-state index is -0.514. The van der Waals surface area contributed by atoms with Crippen LogP contribution in [0.5, 0.6) is 0 Å². The number of amides is 2. The van der Waals surface area contributed by atoms with Gasteiger partial charge in [0.25, 0.3) is 0 Å². The van der Waals surface area contributed by atoms with E-state index in [1.165, 1.54) is 0 Å². The lowest BCUT2D eigenvalue weighted by atomic mass is 10.0. The lowest BCUT2D eigenvalue weighted by molar-refractivity contribution is -0.130. The van der Waals surface area contributed by atoms with Crippen molar-refractivity contribution in [3.8, 4) is 0 Å². The molecule has 0 radical (unpaired) electrons. The van der Waals surface area contributed by atoms with Crippen molar-refractivity contribution in [1.29, 1.82) is 0 Å². The molecule has 5 heteroatoms. The number of piperidine rings is 1. The highest BCUT2D eigenvalue weighted by Crippen LogP contribution is 2.16. The molecule has 144 valence electrons. The van der Waals surface area contributed by atoms with Gasteiger partial charge in [0, 0.05) is 12.6 Å². The van der Waals surface area contributed by atoms with E-state index in [1.54, 1.807) is 0 Å². The molecule has 2 unspecified atom stereocenters. The van der Waals surface area contributed by atoms with E-state index in [0.717, 1.165) is 42.3 Å². The van der Waals surface area contributed by atoms with Crippen molar-refractivity contribution in [3.63, 3.8) is 0 Å². The van der Waals surface area contributed by atoms with Crippen LogP contribution in [-0.2, 0) is 16.0 Å². The van der Waals surface area contributed by atoms with Crippen LogP contribution in [0.25, 0.3) is 10.8 Å². The van der Waals surface area contributed by atoms with Crippen LogP contribution in [0.3, 0.4) is 0 Å². The maximum Gasteiger partial charge on any atom is 0.243 e. The number of carbonyl (C=O) groups is 2. The summed E-state index contributed by atoms with van der Waals surface area (Å²) < 4.78 is 0. The third-order valence-electron chi connectivity index (χ3n) is 5.09. The van der Waals surface area contributed by atoms with E-state index in [-0.39, 0.29) is 30.2 Å². The normalized spacial score (nSPS) is 18.3. The summed E-state index contributed by atoms with van der Waals surface area (Å²) in [4.78, 5) is 25.2. The molecule has 2 amide bonds. The van der Waals surface area contributed by atoms with Crippen LogP contribution in [0.4, 0.5) is 0 Å². The van der Waals surface area contributed by atoms with Crippen LogP contribution in [0, 0.1) is 5.92 Å². The Morgan fingerprint density at radius 2 is 1.93 bits per heavy atom. The number of carbonyl (C=O) groups excluding carboxylic acids is 2. The van der Waals surface area contributed by atoms with Crippen LogP contribution in [0.1, 0.15) is 32.3 Å². The number of rotatable bonds is 6. The van der Waals surface area contributed by atoms with Crippen molar-refractivity contribution >= 4 is 22.6 Å². The van der Waals surface area contributed by atoms with Gasteiger partial charge in [0.1, 0.15) is 6.04 Å². The Morgan fingerprint density at radius 1 is 1.15 bits per heavy atom. The smallest absolute Gasteiger partial charge is 0.243 e. The van der Waals surface area contributed by atoms with Crippen molar-refractivity contribution in [2.24, 2.45) is 5.92 Å². The molecule has 2 aromatic rings. The fourth-order valence-corrected chi connectivity index (χ4v) is 3.56. The Hall–Kier alpha value is -2.40. The largest absolute Gasteiger partial charge is 0.350 e. The highest BCUT2D eigenvalue weighted by atomic mass is 16.2. The van der Waals surface area contributed by atoms with E-state index in [9.17, 15) is 9.59 Å². The molecule has 0 saturated carbocycles. The Kier molecular flexibility index (Phi) is 6.45. The molecule has 5 nitrogen and oxygen atoms in total. The molecule has 1 fully saturated rings. The summed E-state index contributed by atoms with van der Waals surface area (Å²) in [6.07, 6.45) is 2.31. The Labute approximate surface area is 160 Å². The lowest BCUT2D eigenvalue weighted by Gasteiger charge is -2.28. The van der Waals surface area contributed by atoms with E-state index in [4.69, 9.17) is 0 Å². The summed E-state index contributed by atoms with van der Waals surface area (Å²) >= 11 is 0. The zero-order valence-corrected chi connectivity index (χ0v) is 16.1. The predicted octanol–water partition coefficient (Wildman–Crippen LogP) is 2.39. The summed E-state index contributed by atoms with van der Waals surface area (Å²) in [5.74, 6) is -0.187. The summed E-state index contributed by atoms with van der Waals surface area (Å²) in [5.41, 5.74) is 0.950. The first-order valence-corrected chi connectivity index (χ1v) is 9.81. The molecular weight excluding hydrogens is 338 g/mol. The molecule has 1 aliphatic rings. The number of nitrogens with one attached hydrogen (secondary N) is 3. The molecule has 2 atom stereocenters. The zero-order chi connectivity index (χ0) is 19.2. The minimum Gasteiger partial charge on any atom is -0.350 e. The average molecular weight is 367 g/mol. The van der Waals surface area contributed by atoms with Crippen molar-refractivity contribution in [2.75, 3.05) is 13.1 Å². The summed E-state index contributed by atoms with van der Waals surface area (Å²) in [6.45, 7) is 5.71. The first-order chi connectivity index (χ1) is 13.0. The molecule has 0 bridgehead atoms. The second-order valence-electron chi connectivity index (χ2n) is 7.70. The molecule has 3 N–H and O–H groups in total. The number of hydrogen-bond donors (Lipinski definition) is 3. The van der Waals surface area contributed by atoms with Crippen LogP contribution in [-0.4, -0.2) is 37.0 Å². The van der Waals surface area contributed by atoms with Crippen molar-refractivity contribution < 1.29 is 9.59 Å². The van der Waals surface area contributed by atoms with Crippen LogP contribution in [0.15, 0.2) is 42.5 Å². The van der Waals surface area contributed by atoms with Gasteiger partial charge >= 0.3 is 0 Å². The van der Waals surface area contributed by atoms with E-state index in [0.29, 0.717) is 0 Å². The molecule has 1 saturated heterocycles. The van der Waals surface area contributed by atoms with Gasteiger partial charge in [-0.25, -0.2) is 0 Å². The van der Waals surface area contributed by atoms with Gasteiger partial charge in [0.15, 0.2) is 0 Å². The van der Waals surface area contributed by atoms with E-state index < -0.39 is 6.04 Å². The molecule has 27 heavy (non-hydrogen) atoms. The third-order valence-corrected chi connectivity index (χ3v) is 5.09. The first-order valence-electron chi connectivity index (χ1n) is 9.81. The van der Waals surface area contributed by atoms with Gasteiger partial charge in [0.2, 0.25) is 11.8 Å². The fraction of sp³-hybridized carbons (Fsp3) is 0.455. The van der Waals surface area contributed by atoms with E-state index >= 15 is 0 Å². The van der Waals surface area contributed by atoms with Crippen LogP contribution >= 0.6 is 0 Å². The number of benzene rings is 2. The summed E-state index contributed by atoms with van der Waals surface area (Å²) in [7, 11) is 0. The first kappa shape index (κ1) is 19.4. The van der Waals surface area contributed by atoms with Gasteiger partial charge < -0.3 is 16.0 Å². The fourth-order valence-electron chi connectivity index (χ4n) is 3.56. The quantitative estimate of drug-likeness (QED) is 0.734. The number of fused-ring (bicyclic) bond motifs is 1. The van der Waals surface area contributed by atoms with Gasteiger partial charge in [-0.1, -0.05) is 56.3 Å². The lowest BCUT2D eigenvalue weighted by Crippen LogP contribution is -2.55. The van der Waals surface area contributed by atoms with E-state index in [2.05, 4.69) is 22.0 Å². The molecule has 1 heterocycles. The summed E-state index contributed by atoms with van der Waals surface area (Å²) in [6, 6.07) is 13.8. The van der Waals surface area contributed by atoms with Crippen molar-refractivity contribution in [3.05, 3.63) is 48.0 Å². The van der Waals surface area contributed by atoms with Gasteiger partial charge in [-0.15, -0.1) is 0 Å².